The highest BCUT2D eigenvalue weighted by molar-refractivity contribution is 5.85. The molecular weight excluding hydrogens is 252 g/mol. The summed E-state index contributed by atoms with van der Waals surface area (Å²) in [5.41, 5.74) is 0. The van der Waals surface area contributed by atoms with E-state index in [1.807, 2.05) is 10.8 Å². The molecular formula is C12H21ClN4O. The molecule has 0 aliphatic carbocycles. The summed E-state index contributed by atoms with van der Waals surface area (Å²) in [6.07, 6.45) is 8.32. The molecule has 1 aromatic rings. The Labute approximate surface area is 114 Å². The monoisotopic (exact) mass is 272 g/mol. The topological polar surface area (TPSA) is 59.0 Å². The molecule has 1 amide bonds. The number of imidazole rings is 1. The minimum absolute atomic E-state index is 0. The van der Waals surface area contributed by atoms with E-state index in [-0.39, 0.29) is 18.3 Å². The maximum atomic E-state index is 11.7. The predicted molar refractivity (Wildman–Crippen MR) is 72.7 cm³/mol. The second-order valence-corrected chi connectivity index (χ2v) is 4.55. The molecule has 0 aromatic carbocycles. The summed E-state index contributed by atoms with van der Waals surface area (Å²) in [6.45, 7) is 3.57. The molecule has 5 nitrogen and oxygen atoms in total. The van der Waals surface area contributed by atoms with Crippen molar-refractivity contribution in [3.05, 3.63) is 18.7 Å². The molecule has 18 heavy (non-hydrogen) atoms. The summed E-state index contributed by atoms with van der Waals surface area (Å²) in [6, 6.07) is 0. The Morgan fingerprint density at radius 1 is 1.44 bits per heavy atom. The van der Waals surface area contributed by atoms with Crippen LogP contribution in [0.5, 0.6) is 0 Å². The zero-order chi connectivity index (χ0) is 11.9. The van der Waals surface area contributed by atoms with E-state index in [1.165, 1.54) is 0 Å². The lowest BCUT2D eigenvalue weighted by Gasteiger charge is -2.21. The van der Waals surface area contributed by atoms with E-state index in [1.54, 1.807) is 12.5 Å². The molecule has 2 N–H and O–H groups in total. The lowest BCUT2D eigenvalue weighted by molar-refractivity contribution is -0.122. The lowest BCUT2D eigenvalue weighted by atomic mass is 9.94. The Morgan fingerprint density at radius 3 is 2.89 bits per heavy atom. The molecule has 0 radical (unpaired) electrons. The van der Waals surface area contributed by atoms with Crippen molar-refractivity contribution in [2.24, 2.45) is 5.92 Å². The molecule has 1 saturated heterocycles. The van der Waals surface area contributed by atoms with Crippen LogP contribution in [-0.4, -0.2) is 35.1 Å². The van der Waals surface area contributed by atoms with Crippen LogP contribution in [0.1, 0.15) is 19.3 Å². The Kier molecular flexibility index (Phi) is 6.75. The van der Waals surface area contributed by atoms with Gasteiger partial charge in [-0.15, -0.1) is 12.4 Å². The van der Waals surface area contributed by atoms with Crippen LogP contribution in [-0.2, 0) is 11.3 Å². The number of hydrogen-bond acceptors (Lipinski definition) is 3. The number of halogens is 1. The van der Waals surface area contributed by atoms with Crippen LogP contribution in [0.2, 0.25) is 0 Å². The SMILES string of the molecule is Cl.O=C(CC1CCNCC1)NCCn1ccnc1. The number of nitrogens with zero attached hydrogens (tertiary/aromatic N) is 2. The highest BCUT2D eigenvalue weighted by atomic mass is 35.5. The number of nitrogens with one attached hydrogen (secondary N) is 2. The van der Waals surface area contributed by atoms with E-state index in [4.69, 9.17) is 0 Å². The van der Waals surface area contributed by atoms with Crippen LogP contribution in [0.15, 0.2) is 18.7 Å². The van der Waals surface area contributed by atoms with Gasteiger partial charge in [0.05, 0.1) is 6.33 Å². The van der Waals surface area contributed by atoms with Gasteiger partial charge in [0.15, 0.2) is 0 Å². The zero-order valence-electron chi connectivity index (χ0n) is 10.5. The summed E-state index contributed by atoms with van der Waals surface area (Å²) in [5, 5.41) is 6.27. The van der Waals surface area contributed by atoms with E-state index < -0.39 is 0 Å². The fourth-order valence-electron chi connectivity index (χ4n) is 2.16. The highest BCUT2D eigenvalue weighted by Crippen LogP contribution is 2.15. The van der Waals surface area contributed by atoms with Gasteiger partial charge >= 0.3 is 0 Å². The molecule has 102 valence electrons. The van der Waals surface area contributed by atoms with Crippen LogP contribution in [0, 0.1) is 5.92 Å². The smallest absolute Gasteiger partial charge is 0.220 e. The molecule has 1 fully saturated rings. The summed E-state index contributed by atoms with van der Waals surface area (Å²) in [4.78, 5) is 15.6. The second-order valence-electron chi connectivity index (χ2n) is 4.55. The number of carbonyl (C=O) groups is 1. The van der Waals surface area contributed by atoms with Crippen LogP contribution >= 0.6 is 12.4 Å². The number of aromatic nitrogens is 2. The van der Waals surface area contributed by atoms with Crippen LogP contribution in [0.25, 0.3) is 0 Å². The van der Waals surface area contributed by atoms with Crippen molar-refractivity contribution in [1.82, 2.24) is 20.2 Å². The van der Waals surface area contributed by atoms with Gasteiger partial charge in [-0.1, -0.05) is 0 Å². The van der Waals surface area contributed by atoms with Gasteiger partial charge in [0.2, 0.25) is 5.91 Å². The van der Waals surface area contributed by atoms with Gasteiger partial charge in [-0.2, -0.15) is 0 Å². The number of hydrogen-bond donors (Lipinski definition) is 2. The molecule has 1 aliphatic heterocycles. The third kappa shape index (κ3) is 5.06. The van der Waals surface area contributed by atoms with Crippen molar-refractivity contribution in [3.63, 3.8) is 0 Å². The van der Waals surface area contributed by atoms with Crippen molar-refractivity contribution < 1.29 is 4.79 Å². The summed E-state index contributed by atoms with van der Waals surface area (Å²) < 4.78 is 1.96. The largest absolute Gasteiger partial charge is 0.354 e. The molecule has 0 atom stereocenters. The van der Waals surface area contributed by atoms with Gasteiger partial charge in [-0.3, -0.25) is 4.79 Å². The molecule has 0 spiro atoms. The lowest BCUT2D eigenvalue weighted by Crippen LogP contribution is -2.33. The number of carbonyl (C=O) groups excluding carboxylic acids is 1. The van der Waals surface area contributed by atoms with E-state index in [9.17, 15) is 4.79 Å². The Balaban J connectivity index is 0.00000162. The first-order chi connectivity index (χ1) is 8.34. The second kappa shape index (κ2) is 8.11. The Morgan fingerprint density at radius 2 is 2.22 bits per heavy atom. The van der Waals surface area contributed by atoms with Crippen molar-refractivity contribution in [2.75, 3.05) is 19.6 Å². The van der Waals surface area contributed by atoms with E-state index >= 15 is 0 Å². The van der Waals surface area contributed by atoms with E-state index in [0.29, 0.717) is 18.9 Å². The molecule has 6 heteroatoms. The van der Waals surface area contributed by atoms with Gasteiger partial charge in [-0.25, -0.2) is 4.98 Å². The summed E-state index contributed by atoms with van der Waals surface area (Å²) in [7, 11) is 0. The number of amides is 1. The van der Waals surface area contributed by atoms with Gasteiger partial charge in [0.1, 0.15) is 0 Å². The van der Waals surface area contributed by atoms with Crippen LogP contribution < -0.4 is 10.6 Å². The van der Waals surface area contributed by atoms with Crippen molar-refractivity contribution >= 4 is 18.3 Å². The van der Waals surface area contributed by atoms with Gasteiger partial charge in [-0.05, 0) is 31.8 Å². The minimum atomic E-state index is 0. The fourth-order valence-corrected chi connectivity index (χ4v) is 2.16. The maximum absolute atomic E-state index is 11.7. The first-order valence-electron chi connectivity index (χ1n) is 6.28. The van der Waals surface area contributed by atoms with Gasteiger partial charge in [0, 0.05) is 31.9 Å². The average Bonchev–Trinajstić information content (AvgIpc) is 2.83. The number of rotatable bonds is 5. The Bertz CT molecular complexity index is 336. The third-order valence-electron chi connectivity index (χ3n) is 3.18. The third-order valence-corrected chi connectivity index (χ3v) is 3.18. The molecule has 0 saturated carbocycles. The zero-order valence-corrected chi connectivity index (χ0v) is 11.3. The molecule has 2 heterocycles. The van der Waals surface area contributed by atoms with Gasteiger partial charge in [0.25, 0.3) is 0 Å². The highest BCUT2D eigenvalue weighted by Gasteiger charge is 2.16. The minimum Gasteiger partial charge on any atom is -0.354 e. The Hall–Kier alpha value is -1.07. The molecule has 1 aliphatic rings. The average molecular weight is 273 g/mol. The van der Waals surface area contributed by atoms with Crippen LogP contribution in [0.3, 0.4) is 0 Å². The first kappa shape index (κ1) is 15.0. The summed E-state index contributed by atoms with van der Waals surface area (Å²) in [5.74, 6) is 0.738. The number of piperidine rings is 1. The first-order valence-corrected chi connectivity index (χ1v) is 6.28. The molecule has 1 aromatic heterocycles. The molecule has 0 bridgehead atoms. The van der Waals surface area contributed by atoms with Crippen molar-refractivity contribution in [2.45, 2.75) is 25.8 Å². The van der Waals surface area contributed by atoms with Crippen molar-refractivity contribution in [1.29, 1.82) is 0 Å². The standard InChI is InChI=1S/C12H20N4O.ClH/c17-12(9-11-1-3-13-4-2-11)15-6-8-16-7-5-14-10-16;/h5,7,10-11,13H,1-4,6,8-9H2,(H,15,17);1H. The van der Waals surface area contributed by atoms with E-state index in [0.717, 1.165) is 32.5 Å². The molecule has 2 rings (SSSR count). The van der Waals surface area contributed by atoms with E-state index in [2.05, 4.69) is 15.6 Å². The maximum Gasteiger partial charge on any atom is 0.220 e. The predicted octanol–water partition coefficient (Wildman–Crippen LogP) is 0.811. The summed E-state index contributed by atoms with van der Waals surface area (Å²) >= 11 is 0. The molecule has 0 unspecified atom stereocenters. The van der Waals surface area contributed by atoms with Gasteiger partial charge < -0.3 is 15.2 Å². The van der Waals surface area contributed by atoms with Crippen molar-refractivity contribution in [3.8, 4) is 0 Å². The quantitative estimate of drug-likeness (QED) is 0.834. The fraction of sp³-hybridized carbons (Fsp3) is 0.667. The normalized spacial score (nSPS) is 16.0. The van der Waals surface area contributed by atoms with Crippen LogP contribution in [0.4, 0.5) is 0 Å².